The summed E-state index contributed by atoms with van der Waals surface area (Å²) in [7, 11) is 0. The summed E-state index contributed by atoms with van der Waals surface area (Å²) in [5, 5.41) is 9.18. The van der Waals surface area contributed by atoms with E-state index in [4.69, 9.17) is 14.2 Å². The van der Waals surface area contributed by atoms with Crippen molar-refractivity contribution >= 4 is 11.9 Å². The highest BCUT2D eigenvalue weighted by molar-refractivity contribution is 5.85. The van der Waals surface area contributed by atoms with Gasteiger partial charge in [-0.05, 0) is 38.3 Å². The molecule has 0 amide bonds. The number of benzene rings is 2. The third-order valence-electron chi connectivity index (χ3n) is 5.93. The van der Waals surface area contributed by atoms with Gasteiger partial charge in [-0.3, -0.25) is 0 Å². The highest BCUT2D eigenvalue weighted by Gasteiger charge is 2.72. The zero-order valence-corrected chi connectivity index (χ0v) is 17.8. The topological polar surface area (TPSA) is 88.7 Å². The van der Waals surface area contributed by atoms with Crippen LogP contribution in [0.15, 0.2) is 60.7 Å². The average molecular weight is 412 g/mol. The largest absolute Gasteiger partial charge is 0.479 e. The van der Waals surface area contributed by atoms with Gasteiger partial charge in [-0.1, -0.05) is 67.6 Å². The first-order chi connectivity index (χ1) is 14.3. The Balaban J connectivity index is 0.000000171. The van der Waals surface area contributed by atoms with Crippen molar-refractivity contribution in [3.8, 4) is 0 Å². The van der Waals surface area contributed by atoms with Gasteiger partial charge in [0.15, 0.2) is 5.60 Å². The van der Waals surface area contributed by atoms with Crippen molar-refractivity contribution in [3.05, 3.63) is 71.8 Å². The number of hydrogen-bond acceptors (Lipinski definition) is 5. The second-order valence-electron chi connectivity index (χ2n) is 7.57. The second-order valence-corrected chi connectivity index (χ2v) is 7.57. The Kier molecular flexibility index (Phi) is 6.01. The van der Waals surface area contributed by atoms with E-state index in [0.29, 0.717) is 13.0 Å². The maximum atomic E-state index is 11.8. The molecule has 0 aliphatic carbocycles. The second kappa shape index (κ2) is 8.20. The Morgan fingerprint density at radius 1 is 1.00 bits per heavy atom. The van der Waals surface area contributed by atoms with Gasteiger partial charge in [0.05, 0.1) is 6.61 Å². The average Bonchev–Trinajstić information content (AvgIpc) is 3.63. The van der Waals surface area contributed by atoms with Crippen LogP contribution in [0.1, 0.15) is 45.2 Å². The van der Waals surface area contributed by atoms with Crippen LogP contribution in [0.5, 0.6) is 0 Å². The van der Waals surface area contributed by atoms with Crippen LogP contribution in [0.25, 0.3) is 0 Å². The lowest BCUT2D eigenvalue weighted by Crippen LogP contribution is -2.30. The lowest BCUT2D eigenvalue weighted by molar-refractivity contribution is -0.150. The maximum Gasteiger partial charge on any atom is 0.345 e. The zero-order valence-electron chi connectivity index (χ0n) is 17.8. The van der Waals surface area contributed by atoms with E-state index < -0.39 is 22.8 Å². The van der Waals surface area contributed by atoms with Crippen LogP contribution in [0.4, 0.5) is 0 Å². The van der Waals surface area contributed by atoms with Gasteiger partial charge in [0, 0.05) is 0 Å². The first kappa shape index (κ1) is 22.0. The molecule has 2 saturated heterocycles. The van der Waals surface area contributed by atoms with Gasteiger partial charge in [-0.25, -0.2) is 9.59 Å². The summed E-state index contributed by atoms with van der Waals surface area (Å²) in [6, 6.07) is 19.0. The molecule has 2 aromatic carbocycles. The van der Waals surface area contributed by atoms with Crippen LogP contribution in [0, 0.1) is 0 Å². The van der Waals surface area contributed by atoms with Gasteiger partial charge in [-0.2, -0.15) is 0 Å². The number of rotatable bonds is 6. The monoisotopic (exact) mass is 412 g/mol. The van der Waals surface area contributed by atoms with Crippen molar-refractivity contribution in [3.63, 3.8) is 0 Å². The number of epoxide rings is 2. The number of ether oxygens (including phenoxy) is 3. The molecule has 1 N–H and O–H groups in total. The van der Waals surface area contributed by atoms with E-state index >= 15 is 0 Å². The van der Waals surface area contributed by atoms with Gasteiger partial charge >= 0.3 is 11.9 Å². The molecule has 4 rings (SSSR count). The number of hydrogen-bond donors (Lipinski definition) is 1. The minimum absolute atomic E-state index is 0.0982. The van der Waals surface area contributed by atoms with Crippen LogP contribution >= 0.6 is 0 Å². The van der Waals surface area contributed by atoms with Crippen molar-refractivity contribution < 1.29 is 28.9 Å². The summed E-state index contributed by atoms with van der Waals surface area (Å²) in [4.78, 5) is 23.0. The van der Waals surface area contributed by atoms with Crippen molar-refractivity contribution in [2.75, 3.05) is 6.61 Å². The molecule has 2 aliphatic rings. The quantitative estimate of drug-likeness (QED) is 0.569. The number of esters is 1. The fraction of sp³-hybridized carbons (Fsp3) is 0.417. The van der Waals surface area contributed by atoms with Gasteiger partial charge < -0.3 is 19.3 Å². The van der Waals surface area contributed by atoms with Gasteiger partial charge in [0.25, 0.3) is 0 Å². The Hall–Kier alpha value is -2.70. The van der Waals surface area contributed by atoms with Crippen molar-refractivity contribution in [1.82, 2.24) is 0 Å². The minimum atomic E-state index is -1.03. The van der Waals surface area contributed by atoms with E-state index in [-0.39, 0.29) is 12.1 Å². The fourth-order valence-electron chi connectivity index (χ4n) is 3.98. The Morgan fingerprint density at radius 2 is 1.50 bits per heavy atom. The third kappa shape index (κ3) is 3.50. The normalized spacial score (nSPS) is 31.1. The molecule has 2 aliphatic heterocycles. The first-order valence-corrected chi connectivity index (χ1v) is 10.2. The number of carboxylic acid groups (broad SMARTS) is 1. The summed E-state index contributed by atoms with van der Waals surface area (Å²) in [5.74, 6) is -1.17. The van der Waals surface area contributed by atoms with Gasteiger partial charge in [0.2, 0.25) is 5.60 Å². The van der Waals surface area contributed by atoms with E-state index in [1.807, 2.05) is 81.4 Å². The minimum Gasteiger partial charge on any atom is -0.479 e. The van der Waals surface area contributed by atoms with Crippen LogP contribution in [-0.4, -0.2) is 35.4 Å². The molecule has 0 spiro atoms. The Bertz CT molecular complexity index is 898. The molecular formula is C24H28O6. The van der Waals surface area contributed by atoms with Crippen molar-refractivity contribution in [1.29, 1.82) is 0 Å². The molecule has 0 radical (unpaired) electrons. The van der Waals surface area contributed by atoms with Crippen LogP contribution < -0.4 is 0 Å². The lowest BCUT2D eigenvalue weighted by atomic mass is 9.86. The van der Waals surface area contributed by atoms with E-state index in [2.05, 4.69) is 0 Å². The number of aliphatic carboxylic acids is 1. The van der Waals surface area contributed by atoms with E-state index in [9.17, 15) is 14.7 Å². The first-order valence-electron chi connectivity index (χ1n) is 10.2. The van der Waals surface area contributed by atoms with Crippen LogP contribution in [0.2, 0.25) is 0 Å². The molecule has 160 valence electrons. The summed E-state index contributed by atoms with van der Waals surface area (Å²) >= 11 is 0. The summed E-state index contributed by atoms with van der Waals surface area (Å²) < 4.78 is 15.9. The van der Waals surface area contributed by atoms with Gasteiger partial charge in [-0.15, -0.1) is 0 Å². The molecule has 0 aromatic heterocycles. The molecule has 4 unspecified atom stereocenters. The van der Waals surface area contributed by atoms with Crippen molar-refractivity contribution in [2.24, 2.45) is 0 Å². The molecule has 2 aromatic rings. The van der Waals surface area contributed by atoms with Gasteiger partial charge in [0.1, 0.15) is 11.7 Å². The molecule has 30 heavy (non-hydrogen) atoms. The predicted octanol–water partition coefficient (Wildman–Crippen LogP) is 4.03. The molecule has 2 heterocycles. The van der Waals surface area contributed by atoms with Crippen molar-refractivity contribution in [2.45, 2.75) is 57.0 Å². The molecule has 0 saturated carbocycles. The Morgan fingerprint density at radius 3 is 1.87 bits per heavy atom. The highest BCUT2D eigenvalue weighted by atomic mass is 16.7. The number of carboxylic acids is 1. The van der Waals surface area contributed by atoms with E-state index in [1.165, 1.54) is 0 Å². The SMILES string of the molecule is CCC1(C(=O)O)OC1(C)c1ccccc1.CCOC(=O)C1(c2ccccc2)OC1C. The number of carbonyl (C=O) groups excluding carboxylic acids is 1. The lowest BCUT2D eigenvalue weighted by Gasteiger charge is -2.11. The third-order valence-corrected chi connectivity index (χ3v) is 5.93. The summed E-state index contributed by atoms with van der Waals surface area (Å²) in [6.07, 6.45) is 0.382. The molecule has 2 fully saturated rings. The van der Waals surface area contributed by atoms with E-state index in [1.54, 1.807) is 6.92 Å². The van der Waals surface area contributed by atoms with Crippen LogP contribution in [0.3, 0.4) is 0 Å². The fourth-order valence-corrected chi connectivity index (χ4v) is 3.98. The molecule has 0 bridgehead atoms. The maximum absolute atomic E-state index is 11.8. The van der Waals surface area contributed by atoms with E-state index in [0.717, 1.165) is 11.1 Å². The zero-order chi connectivity index (χ0) is 22.0. The predicted molar refractivity (Wildman–Crippen MR) is 111 cm³/mol. The highest BCUT2D eigenvalue weighted by Crippen LogP contribution is 2.57. The summed E-state index contributed by atoms with van der Waals surface area (Å²) in [6.45, 7) is 7.72. The molecular weight excluding hydrogens is 384 g/mol. The summed E-state index contributed by atoms with van der Waals surface area (Å²) in [5.41, 5.74) is -0.759. The Labute approximate surface area is 176 Å². The molecule has 4 atom stereocenters. The smallest absolute Gasteiger partial charge is 0.345 e. The number of carbonyl (C=O) groups is 2. The standard InChI is InChI=1S/2C12H14O3/c1-3-12(10(13)14)11(2,15-12)9-7-5-4-6-8-9;1-3-14-11(13)12(9(2)15-12)10-7-5-4-6-8-10/h4-8H,3H2,1-2H3,(H,13,14);4-9H,3H2,1-2H3. The molecule has 6 heteroatoms. The molecule has 6 nitrogen and oxygen atoms in total. The van der Waals surface area contributed by atoms with Crippen LogP contribution in [-0.2, 0) is 35.0 Å².